The van der Waals surface area contributed by atoms with E-state index in [1.807, 2.05) is 38.1 Å². The second kappa shape index (κ2) is 7.26. The maximum Gasteiger partial charge on any atom is 0.319 e. The molecule has 0 saturated carbocycles. The number of rotatable bonds is 6. The van der Waals surface area contributed by atoms with E-state index in [2.05, 4.69) is 10.6 Å². The van der Waals surface area contributed by atoms with Gasteiger partial charge in [-0.3, -0.25) is 0 Å². The third-order valence-electron chi connectivity index (χ3n) is 3.51. The van der Waals surface area contributed by atoms with E-state index in [1.54, 1.807) is 14.0 Å². The molecule has 2 unspecified atom stereocenters. The van der Waals surface area contributed by atoms with E-state index in [0.717, 1.165) is 5.56 Å². The van der Waals surface area contributed by atoms with Gasteiger partial charge < -0.3 is 20.5 Å². The first-order valence-corrected chi connectivity index (χ1v) is 6.77. The normalized spacial score (nSPS) is 15.2. The SMILES string of the molecule is CCC(C)(CO)NC(=O)Nc1cccc(C(C)OC)c1. The highest BCUT2D eigenvalue weighted by Crippen LogP contribution is 2.19. The van der Waals surface area contributed by atoms with Gasteiger partial charge >= 0.3 is 6.03 Å². The number of hydrogen-bond donors (Lipinski definition) is 3. The number of aliphatic hydroxyl groups is 1. The molecule has 0 aliphatic heterocycles. The van der Waals surface area contributed by atoms with Crippen molar-refractivity contribution in [3.8, 4) is 0 Å². The van der Waals surface area contributed by atoms with E-state index < -0.39 is 5.54 Å². The van der Waals surface area contributed by atoms with Gasteiger partial charge in [0.1, 0.15) is 0 Å². The second-order valence-corrected chi connectivity index (χ2v) is 5.15. The van der Waals surface area contributed by atoms with E-state index in [0.29, 0.717) is 12.1 Å². The Morgan fingerprint density at radius 3 is 2.75 bits per heavy atom. The van der Waals surface area contributed by atoms with Crippen molar-refractivity contribution in [3.63, 3.8) is 0 Å². The molecule has 0 aliphatic rings. The largest absolute Gasteiger partial charge is 0.394 e. The Labute approximate surface area is 120 Å². The number of urea groups is 1. The van der Waals surface area contributed by atoms with Crippen LogP contribution in [0, 0.1) is 0 Å². The average molecular weight is 280 g/mol. The predicted molar refractivity (Wildman–Crippen MR) is 79.8 cm³/mol. The van der Waals surface area contributed by atoms with Crippen LogP contribution in [0.4, 0.5) is 10.5 Å². The number of benzene rings is 1. The van der Waals surface area contributed by atoms with Gasteiger partial charge in [0.05, 0.1) is 18.2 Å². The van der Waals surface area contributed by atoms with E-state index >= 15 is 0 Å². The van der Waals surface area contributed by atoms with Gasteiger partial charge in [-0.15, -0.1) is 0 Å². The first-order chi connectivity index (χ1) is 9.44. The van der Waals surface area contributed by atoms with Crippen molar-refractivity contribution in [1.82, 2.24) is 5.32 Å². The van der Waals surface area contributed by atoms with Gasteiger partial charge in [0, 0.05) is 12.8 Å². The zero-order chi connectivity index (χ0) is 15.2. The van der Waals surface area contributed by atoms with Crippen molar-refractivity contribution in [1.29, 1.82) is 0 Å². The fourth-order valence-electron chi connectivity index (χ4n) is 1.68. The fraction of sp³-hybridized carbons (Fsp3) is 0.533. The summed E-state index contributed by atoms with van der Waals surface area (Å²) in [7, 11) is 1.64. The van der Waals surface area contributed by atoms with Crippen molar-refractivity contribution in [2.24, 2.45) is 0 Å². The molecule has 3 N–H and O–H groups in total. The smallest absolute Gasteiger partial charge is 0.319 e. The summed E-state index contributed by atoms with van der Waals surface area (Å²) in [5.41, 5.74) is 1.08. The quantitative estimate of drug-likeness (QED) is 0.750. The minimum atomic E-state index is -0.610. The molecule has 112 valence electrons. The first-order valence-electron chi connectivity index (χ1n) is 6.77. The van der Waals surface area contributed by atoms with Crippen molar-refractivity contribution in [2.75, 3.05) is 19.0 Å². The number of amides is 2. The van der Waals surface area contributed by atoms with Crippen LogP contribution in [0.1, 0.15) is 38.9 Å². The highest BCUT2D eigenvalue weighted by atomic mass is 16.5. The molecule has 0 aromatic heterocycles. The van der Waals surface area contributed by atoms with Gasteiger partial charge in [0.2, 0.25) is 0 Å². The number of carbonyl (C=O) groups excluding carboxylic acids is 1. The van der Waals surface area contributed by atoms with Crippen LogP contribution in [0.3, 0.4) is 0 Å². The monoisotopic (exact) mass is 280 g/mol. The van der Waals surface area contributed by atoms with Crippen molar-refractivity contribution < 1.29 is 14.6 Å². The summed E-state index contributed by atoms with van der Waals surface area (Å²) >= 11 is 0. The number of nitrogens with one attached hydrogen (secondary N) is 2. The number of hydrogen-bond acceptors (Lipinski definition) is 3. The molecule has 1 aromatic carbocycles. The second-order valence-electron chi connectivity index (χ2n) is 5.15. The summed E-state index contributed by atoms with van der Waals surface area (Å²) in [5, 5.41) is 14.8. The Morgan fingerprint density at radius 1 is 1.50 bits per heavy atom. The molecule has 2 atom stereocenters. The van der Waals surface area contributed by atoms with Crippen LogP contribution in [0.15, 0.2) is 24.3 Å². The standard InChI is InChI=1S/C15H24N2O3/c1-5-15(3,10-18)17-14(19)16-13-8-6-7-12(9-13)11(2)20-4/h6-9,11,18H,5,10H2,1-4H3,(H2,16,17,19). The lowest BCUT2D eigenvalue weighted by molar-refractivity contribution is 0.119. The zero-order valence-electron chi connectivity index (χ0n) is 12.6. The molecule has 0 fully saturated rings. The lowest BCUT2D eigenvalue weighted by atomic mass is 10.0. The van der Waals surface area contributed by atoms with Crippen LogP contribution in [0.5, 0.6) is 0 Å². The number of aliphatic hydroxyl groups excluding tert-OH is 1. The predicted octanol–water partition coefficient (Wildman–Crippen LogP) is 2.68. The summed E-state index contributed by atoms with van der Waals surface area (Å²) < 4.78 is 5.25. The molecule has 1 rings (SSSR count). The highest BCUT2D eigenvalue weighted by Gasteiger charge is 2.23. The summed E-state index contributed by atoms with van der Waals surface area (Å²) in [6, 6.07) is 7.17. The molecular formula is C15H24N2O3. The lowest BCUT2D eigenvalue weighted by Gasteiger charge is -2.27. The van der Waals surface area contributed by atoms with Crippen molar-refractivity contribution in [2.45, 2.75) is 38.8 Å². The minimum Gasteiger partial charge on any atom is -0.394 e. The van der Waals surface area contributed by atoms with Gasteiger partial charge in [-0.25, -0.2) is 4.79 Å². The summed E-state index contributed by atoms with van der Waals surface area (Å²) in [6.07, 6.45) is 0.621. The molecular weight excluding hydrogens is 256 g/mol. The van der Waals surface area contributed by atoms with Crippen molar-refractivity contribution >= 4 is 11.7 Å². The topological polar surface area (TPSA) is 70.6 Å². The van der Waals surface area contributed by atoms with Gasteiger partial charge in [0.15, 0.2) is 0 Å². The third-order valence-corrected chi connectivity index (χ3v) is 3.51. The van der Waals surface area contributed by atoms with Crippen LogP contribution < -0.4 is 10.6 Å². The van der Waals surface area contributed by atoms with E-state index in [-0.39, 0.29) is 18.7 Å². The maximum atomic E-state index is 11.9. The molecule has 20 heavy (non-hydrogen) atoms. The Morgan fingerprint density at radius 2 is 2.20 bits per heavy atom. The van der Waals surface area contributed by atoms with Gasteiger partial charge in [-0.2, -0.15) is 0 Å². The van der Waals surface area contributed by atoms with Crippen LogP contribution in [0.25, 0.3) is 0 Å². The van der Waals surface area contributed by atoms with E-state index in [1.165, 1.54) is 0 Å². The third kappa shape index (κ3) is 4.51. The molecule has 0 saturated heterocycles. The van der Waals surface area contributed by atoms with E-state index in [9.17, 15) is 9.90 Å². The van der Waals surface area contributed by atoms with Crippen LogP contribution >= 0.6 is 0 Å². The van der Waals surface area contributed by atoms with Crippen LogP contribution in [-0.4, -0.2) is 30.4 Å². The molecule has 0 bridgehead atoms. The molecule has 2 amide bonds. The number of carbonyl (C=O) groups is 1. The van der Waals surface area contributed by atoms with Crippen LogP contribution in [-0.2, 0) is 4.74 Å². The van der Waals surface area contributed by atoms with Crippen molar-refractivity contribution in [3.05, 3.63) is 29.8 Å². The molecule has 0 aliphatic carbocycles. The molecule has 5 heteroatoms. The molecule has 0 radical (unpaired) electrons. The summed E-state index contributed by atoms with van der Waals surface area (Å²) in [6.45, 7) is 5.56. The Balaban J connectivity index is 2.71. The Bertz CT molecular complexity index is 444. The number of anilines is 1. The zero-order valence-corrected chi connectivity index (χ0v) is 12.6. The number of methoxy groups -OCH3 is 1. The minimum absolute atomic E-state index is 0.0295. The van der Waals surface area contributed by atoms with Gasteiger partial charge in [0.25, 0.3) is 0 Å². The van der Waals surface area contributed by atoms with Gasteiger partial charge in [-0.1, -0.05) is 19.1 Å². The number of ether oxygens (including phenoxy) is 1. The Hall–Kier alpha value is -1.59. The molecule has 5 nitrogen and oxygen atoms in total. The molecule has 1 aromatic rings. The van der Waals surface area contributed by atoms with Crippen LogP contribution in [0.2, 0.25) is 0 Å². The summed E-state index contributed by atoms with van der Waals surface area (Å²) in [4.78, 5) is 11.9. The molecule has 0 spiro atoms. The average Bonchev–Trinajstić information content (AvgIpc) is 2.46. The highest BCUT2D eigenvalue weighted by molar-refractivity contribution is 5.89. The molecule has 0 heterocycles. The fourth-order valence-corrected chi connectivity index (χ4v) is 1.68. The lowest BCUT2D eigenvalue weighted by Crippen LogP contribution is -2.50. The first kappa shape index (κ1) is 16.5. The maximum absolute atomic E-state index is 11.9. The van der Waals surface area contributed by atoms with E-state index in [4.69, 9.17) is 4.74 Å². The Kier molecular flexibility index (Phi) is 5.98. The van der Waals surface area contributed by atoms with Gasteiger partial charge in [-0.05, 0) is 38.0 Å². The summed E-state index contributed by atoms with van der Waals surface area (Å²) in [5.74, 6) is 0.